The van der Waals surface area contributed by atoms with Crippen LogP contribution in [0, 0.1) is 0 Å². The Morgan fingerprint density at radius 3 is 2.21 bits per heavy atom. The van der Waals surface area contributed by atoms with Crippen molar-refractivity contribution in [1.82, 2.24) is 0 Å². The second-order valence-corrected chi connectivity index (χ2v) is 2.71. The number of aldehydes is 1. The summed E-state index contributed by atoms with van der Waals surface area (Å²) in [5, 5.41) is 0. The maximum atomic E-state index is 11.8. The van der Waals surface area contributed by atoms with Crippen LogP contribution in [0.15, 0.2) is 24.3 Å². The van der Waals surface area contributed by atoms with E-state index in [0.29, 0.717) is 11.8 Å². The summed E-state index contributed by atoms with van der Waals surface area (Å²) in [6, 6.07) is 5.44. The van der Waals surface area contributed by atoms with E-state index in [0.717, 1.165) is 0 Å². The van der Waals surface area contributed by atoms with Gasteiger partial charge in [-0.25, -0.2) is 0 Å². The fraction of sp³-hybridized carbons (Fsp3) is 0.125. The molecule has 1 rings (SSSR count). The highest BCUT2D eigenvalue weighted by Crippen LogP contribution is 2.15. The predicted octanol–water partition coefficient (Wildman–Crippen LogP) is 2.26. The third kappa shape index (κ3) is 3.51. The Labute approximate surface area is 78.7 Å². The summed E-state index contributed by atoms with van der Waals surface area (Å²) in [7, 11) is 0. The van der Waals surface area contributed by atoms with E-state index in [1.807, 2.05) is 0 Å². The van der Waals surface area contributed by atoms with Gasteiger partial charge < -0.3 is 17.7 Å². The zero-order chi connectivity index (χ0) is 10.6. The minimum Gasteiger partial charge on any atom is -0.522 e. The molecule has 0 spiro atoms. The van der Waals surface area contributed by atoms with Crippen molar-refractivity contribution >= 4 is 13.3 Å². The molecule has 0 saturated carbocycles. The molecule has 76 valence electrons. The van der Waals surface area contributed by atoms with E-state index in [4.69, 9.17) is 0 Å². The van der Waals surface area contributed by atoms with Gasteiger partial charge in [0, 0.05) is 5.56 Å². The number of hydrogen-bond acceptors (Lipinski definition) is 2. The van der Waals surface area contributed by atoms with Crippen LogP contribution in [0.2, 0.25) is 0 Å². The summed E-state index contributed by atoms with van der Waals surface area (Å²) in [6.45, 7) is -6.20. The van der Waals surface area contributed by atoms with Crippen LogP contribution in [0.25, 0.3) is 0 Å². The summed E-state index contributed by atoms with van der Waals surface area (Å²) in [4.78, 5) is 10.2. The second kappa shape index (κ2) is 4.17. The second-order valence-electron chi connectivity index (χ2n) is 2.71. The van der Waals surface area contributed by atoms with Crippen molar-refractivity contribution in [2.75, 3.05) is 6.51 Å². The van der Waals surface area contributed by atoms with E-state index in [1.54, 1.807) is 0 Å². The number of ether oxygens (including phenoxy) is 1. The summed E-state index contributed by atoms with van der Waals surface area (Å²) < 4.78 is 39.8. The molecule has 14 heavy (non-hydrogen) atoms. The third-order valence-corrected chi connectivity index (χ3v) is 1.46. The summed E-state index contributed by atoms with van der Waals surface area (Å²) >= 11 is 0. The highest BCUT2D eigenvalue weighted by atomic mass is 19.4. The fourth-order valence-corrected chi connectivity index (χ4v) is 0.833. The van der Waals surface area contributed by atoms with Gasteiger partial charge >= 0.3 is 6.98 Å². The maximum absolute atomic E-state index is 11.8. The molecular weight excluding hydrogens is 196 g/mol. The molecule has 0 fully saturated rings. The Morgan fingerprint density at radius 2 is 1.79 bits per heavy atom. The van der Waals surface area contributed by atoms with Gasteiger partial charge in [0.05, 0.1) is 6.51 Å². The lowest BCUT2D eigenvalue weighted by atomic mass is 9.95. The molecule has 0 N–H and O–H groups in total. The average molecular weight is 203 g/mol. The van der Waals surface area contributed by atoms with Gasteiger partial charge in [0.1, 0.15) is 12.0 Å². The number of hydrogen-bond donors (Lipinski definition) is 0. The summed E-state index contributed by atoms with van der Waals surface area (Å²) in [5.41, 5.74) is 0.398. The number of benzene rings is 1. The molecule has 2 nitrogen and oxygen atoms in total. The van der Waals surface area contributed by atoms with E-state index in [-0.39, 0.29) is 5.75 Å². The molecule has 0 saturated heterocycles. The van der Waals surface area contributed by atoms with E-state index >= 15 is 0 Å². The van der Waals surface area contributed by atoms with Crippen LogP contribution in [0.4, 0.5) is 12.9 Å². The average Bonchev–Trinajstić information content (AvgIpc) is 2.14. The molecule has 0 bridgehead atoms. The van der Waals surface area contributed by atoms with Crippen molar-refractivity contribution in [2.45, 2.75) is 0 Å². The molecule has 1 aromatic rings. The molecule has 0 unspecified atom stereocenters. The van der Waals surface area contributed by atoms with Gasteiger partial charge in [-0.3, -0.25) is 4.79 Å². The quantitative estimate of drug-likeness (QED) is 0.554. The molecule has 6 heteroatoms. The Balaban J connectivity index is 2.56. The first-order chi connectivity index (χ1) is 6.51. The van der Waals surface area contributed by atoms with Gasteiger partial charge in [0.2, 0.25) is 0 Å². The van der Waals surface area contributed by atoms with Crippen molar-refractivity contribution in [1.29, 1.82) is 0 Å². The van der Waals surface area contributed by atoms with Gasteiger partial charge in [0.15, 0.2) is 0 Å². The lowest BCUT2D eigenvalue weighted by molar-refractivity contribution is 0.112. The van der Waals surface area contributed by atoms with Gasteiger partial charge in [-0.05, 0) is 24.3 Å². The smallest absolute Gasteiger partial charge is 0.515 e. The van der Waals surface area contributed by atoms with Crippen molar-refractivity contribution in [3.05, 3.63) is 29.8 Å². The van der Waals surface area contributed by atoms with Crippen LogP contribution >= 0.6 is 0 Å². The Kier molecular flexibility index (Phi) is 3.16. The van der Waals surface area contributed by atoms with Crippen LogP contribution < -0.4 is 4.74 Å². The number of halogens is 3. The van der Waals surface area contributed by atoms with Crippen LogP contribution in [-0.4, -0.2) is 19.8 Å². The molecule has 0 aliphatic rings. The normalized spacial score (nSPS) is 11.1. The summed E-state index contributed by atoms with van der Waals surface area (Å²) in [6.07, 6.45) is 0.609. The molecule has 1 aromatic carbocycles. The molecule has 0 atom stereocenters. The van der Waals surface area contributed by atoms with E-state index < -0.39 is 13.5 Å². The first-order valence-electron chi connectivity index (χ1n) is 3.90. The standard InChI is InChI=1S/C8H7BF3O2/c10-9(11,12)6-14-8-3-1-7(5-13)2-4-8/h1-5H,6H2/q-1. The lowest BCUT2D eigenvalue weighted by Gasteiger charge is -2.14. The minimum atomic E-state index is -4.93. The van der Waals surface area contributed by atoms with Crippen LogP contribution in [0.5, 0.6) is 5.75 Å². The first-order valence-corrected chi connectivity index (χ1v) is 3.90. The molecule has 0 aromatic heterocycles. The number of rotatable bonds is 4. The third-order valence-electron chi connectivity index (χ3n) is 1.46. The Hall–Kier alpha value is -1.46. The molecule has 0 heterocycles. The van der Waals surface area contributed by atoms with Crippen molar-refractivity contribution in [3.8, 4) is 5.75 Å². The van der Waals surface area contributed by atoms with Gasteiger partial charge in [0.25, 0.3) is 0 Å². The van der Waals surface area contributed by atoms with E-state index in [1.165, 1.54) is 24.3 Å². The van der Waals surface area contributed by atoms with E-state index in [9.17, 15) is 17.7 Å². The van der Waals surface area contributed by atoms with Crippen LogP contribution in [0.1, 0.15) is 10.4 Å². The molecule has 0 amide bonds. The van der Waals surface area contributed by atoms with Crippen LogP contribution in [-0.2, 0) is 0 Å². The monoisotopic (exact) mass is 203 g/mol. The van der Waals surface area contributed by atoms with Crippen molar-refractivity contribution in [3.63, 3.8) is 0 Å². The highest BCUT2D eigenvalue weighted by molar-refractivity contribution is 6.58. The topological polar surface area (TPSA) is 26.3 Å². The Bertz CT molecular complexity index is 307. The largest absolute Gasteiger partial charge is 0.522 e. The fourth-order valence-electron chi connectivity index (χ4n) is 0.833. The summed E-state index contributed by atoms with van der Waals surface area (Å²) in [5.74, 6) is 0.106. The van der Waals surface area contributed by atoms with Crippen LogP contribution in [0.3, 0.4) is 0 Å². The molecule has 0 aliphatic heterocycles. The molecular formula is C8H7BF3O2-. The molecule has 0 aliphatic carbocycles. The van der Waals surface area contributed by atoms with Gasteiger partial charge in [-0.15, -0.1) is 0 Å². The SMILES string of the molecule is O=Cc1ccc(OC[B-](F)(F)F)cc1. The number of carbonyl (C=O) groups is 1. The predicted molar refractivity (Wildman–Crippen MR) is 46.4 cm³/mol. The van der Waals surface area contributed by atoms with Crippen molar-refractivity contribution < 1.29 is 22.5 Å². The zero-order valence-electron chi connectivity index (χ0n) is 7.12. The van der Waals surface area contributed by atoms with Gasteiger partial charge in [-0.1, -0.05) is 0 Å². The van der Waals surface area contributed by atoms with E-state index in [2.05, 4.69) is 4.74 Å². The highest BCUT2D eigenvalue weighted by Gasteiger charge is 2.23. The molecule has 0 radical (unpaired) electrons. The Morgan fingerprint density at radius 1 is 1.21 bits per heavy atom. The number of carbonyl (C=O) groups excluding carboxylic acids is 1. The minimum absolute atomic E-state index is 0.106. The first kappa shape index (κ1) is 10.6. The van der Waals surface area contributed by atoms with Crippen molar-refractivity contribution in [2.24, 2.45) is 0 Å². The van der Waals surface area contributed by atoms with Gasteiger partial charge in [-0.2, -0.15) is 0 Å². The lowest BCUT2D eigenvalue weighted by Crippen LogP contribution is -2.26. The maximum Gasteiger partial charge on any atom is 0.515 e. The zero-order valence-corrected chi connectivity index (χ0v) is 7.12.